The Morgan fingerprint density at radius 2 is 1.74 bits per heavy atom. The van der Waals surface area contributed by atoms with Crippen LogP contribution in [0.1, 0.15) is 6.42 Å². The van der Waals surface area contributed by atoms with Gasteiger partial charge in [0.05, 0.1) is 13.0 Å². The highest BCUT2D eigenvalue weighted by Crippen LogP contribution is 2.36. The molecule has 7 nitrogen and oxygen atoms in total. The van der Waals surface area contributed by atoms with Crippen LogP contribution in [-0.2, 0) is 9.59 Å². The number of ether oxygens (including phenoxy) is 4. The lowest BCUT2D eigenvalue weighted by Gasteiger charge is -2.22. The number of nitrogens with zero attached hydrogens (tertiary/aromatic N) is 1. The van der Waals surface area contributed by atoms with E-state index in [1.807, 2.05) is 0 Å². The Labute approximate surface area is 156 Å². The molecule has 0 saturated carbocycles. The highest BCUT2D eigenvalue weighted by Gasteiger charge is 2.36. The first kappa shape index (κ1) is 17.2. The minimum absolute atomic E-state index is 0.115. The van der Waals surface area contributed by atoms with E-state index in [-0.39, 0.29) is 18.9 Å². The second-order valence-electron chi connectivity index (χ2n) is 6.33. The van der Waals surface area contributed by atoms with Crippen molar-refractivity contribution in [3.8, 4) is 23.0 Å². The third-order valence-corrected chi connectivity index (χ3v) is 4.57. The van der Waals surface area contributed by atoms with Crippen LogP contribution < -0.4 is 23.8 Å². The van der Waals surface area contributed by atoms with E-state index in [9.17, 15) is 9.59 Å². The summed E-state index contributed by atoms with van der Waals surface area (Å²) in [5, 5.41) is 0. The largest absolute Gasteiger partial charge is 0.497 e. The standard InChI is InChI=1S/C20H19NO6/c1-24-15-3-5-16(6-4-15)27-20(23)13-10-19(22)21(12-13)14-2-7-17-18(11-14)26-9-8-25-17/h2-7,11,13H,8-10,12H2,1H3. The minimum atomic E-state index is -0.521. The molecule has 7 heteroatoms. The summed E-state index contributed by atoms with van der Waals surface area (Å²) < 4.78 is 21.5. The van der Waals surface area contributed by atoms with Crippen LogP contribution in [0.4, 0.5) is 5.69 Å². The smallest absolute Gasteiger partial charge is 0.316 e. The second-order valence-corrected chi connectivity index (χ2v) is 6.33. The first-order valence-electron chi connectivity index (χ1n) is 8.70. The molecule has 0 aliphatic carbocycles. The van der Waals surface area contributed by atoms with Gasteiger partial charge in [0.15, 0.2) is 11.5 Å². The molecule has 2 aliphatic rings. The van der Waals surface area contributed by atoms with Crippen molar-refractivity contribution in [3.05, 3.63) is 42.5 Å². The van der Waals surface area contributed by atoms with Gasteiger partial charge in [0.2, 0.25) is 5.91 Å². The van der Waals surface area contributed by atoms with Gasteiger partial charge in [-0.2, -0.15) is 0 Å². The van der Waals surface area contributed by atoms with Crippen molar-refractivity contribution in [2.24, 2.45) is 5.92 Å². The van der Waals surface area contributed by atoms with Crippen molar-refractivity contribution in [2.45, 2.75) is 6.42 Å². The highest BCUT2D eigenvalue weighted by molar-refractivity contribution is 6.00. The molecule has 1 fully saturated rings. The zero-order valence-electron chi connectivity index (χ0n) is 14.8. The van der Waals surface area contributed by atoms with Gasteiger partial charge in [0, 0.05) is 24.7 Å². The number of methoxy groups -OCH3 is 1. The fourth-order valence-electron chi connectivity index (χ4n) is 3.16. The van der Waals surface area contributed by atoms with Crippen LogP contribution in [0.2, 0.25) is 0 Å². The van der Waals surface area contributed by atoms with Crippen molar-refractivity contribution in [1.29, 1.82) is 0 Å². The molecule has 2 heterocycles. The van der Waals surface area contributed by atoms with E-state index in [1.165, 1.54) is 0 Å². The van der Waals surface area contributed by atoms with Gasteiger partial charge in [-0.3, -0.25) is 9.59 Å². The maximum absolute atomic E-state index is 12.4. The highest BCUT2D eigenvalue weighted by atomic mass is 16.6. The van der Waals surface area contributed by atoms with Crippen LogP contribution in [0.3, 0.4) is 0 Å². The van der Waals surface area contributed by atoms with Gasteiger partial charge in [0.1, 0.15) is 24.7 Å². The number of rotatable bonds is 4. The molecule has 2 aliphatic heterocycles. The molecule has 4 rings (SSSR count). The van der Waals surface area contributed by atoms with Crippen LogP contribution >= 0.6 is 0 Å². The van der Waals surface area contributed by atoms with E-state index in [0.29, 0.717) is 41.9 Å². The summed E-state index contributed by atoms with van der Waals surface area (Å²) >= 11 is 0. The molecular weight excluding hydrogens is 350 g/mol. The number of benzene rings is 2. The first-order valence-corrected chi connectivity index (χ1v) is 8.70. The number of amides is 1. The topological polar surface area (TPSA) is 74.3 Å². The van der Waals surface area contributed by atoms with E-state index >= 15 is 0 Å². The third kappa shape index (κ3) is 3.53. The fraction of sp³-hybridized carbons (Fsp3) is 0.300. The Hall–Kier alpha value is -3.22. The summed E-state index contributed by atoms with van der Waals surface area (Å²) in [6, 6.07) is 12.1. The van der Waals surface area contributed by atoms with Gasteiger partial charge >= 0.3 is 5.97 Å². The lowest BCUT2D eigenvalue weighted by Crippen LogP contribution is -2.27. The zero-order valence-corrected chi connectivity index (χ0v) is 14.8. The van der Waals surface area contributed by atoms with Gasteiger partial charge in [0.25, 0.3) is 0 Å². The van der Waals surface area contributed by atoms with E-state index in [0.717, 1.165) is 0 Å². The molecule has 1 amide bonds. The molecule has 27 heavy (non-hydrogen) atoms. The molecule has 1 atom stereocenters. The average molecular weight is 369 g/mol. The fourth-order valence-corrected chi connectivity index (χ4v) is 3.16. The van der Waals surface area contributed by atoms with Crippen molar-refractivity contribution in [2.75, 3.05) is 31.8 Å². The summed E-state index contributed by atoms with van der Waals surface area (Å²) in [5.74, 6) is 1.30. The Morgan fingerprint density at radius 1 is 1.04 bits per heavy atom. The maximum atomic E-state index is 12.4. The number of esters is 1. The molecule has 2 aromatic rings. The van der Waals surface area contributed by atoms with Crippen molar-refractivity contribution in [1.82, 2.24) is 0 Å². The van der Waals surface area contributed by atoms with E-state index in [2.05, 4.69) is 0 Å². The summed E-state index contributed by atoms with van der Waals surface area (Å²) in [4.78, 5) is 26.5. The van der Waals surface area contributed by atoms with Crippen molar-refractivity contribution < 1.29 is 28.5 Å². The summed E-state index contributed by atoms with van der Waals surface area (Å²) in [7, 11) is 1.57. The predicted molar refractivity (Wildman–Crippen MR) is 96.5 cm³/mol. The number of carbonyl (C=O) groups excluding carboxylic acids is 2. The van der Waals surface area contributed by atoms with Crippen LogP contribution in [0, 0.1) is 5.92 Å². The lowest BCUT2D eigenvalue weighted by molar-refractivity contribution is -0.139. The van der Waals surface area contributed by atoms with Gasteiger partial charge in [-0.05, 0) is 36.4 Å². The molecule has 0 N–H and O–H groups in total. The average Bonchev–Trinajstić information content (AvgIpc) is 3.10. The lowest BCUT2D eigenvalue weighted by atomic mass is 10.1. The summed E-state index contributed by atoms with van der Waals surface area (Å²) in [6.45, 7) is 1.25. The molecule has 2 aromatic carbocycles. The molecule has 1 saturated heterocycles. The normalized spacial score (nSPS) is 18.3. The maximum Gasteiger partial charge on any atom is 0.316 e. The summed E-state index contributed by atoms with van der Waals surface area (Å²) in [6.07, 6.45) is 0.115. The SMILES string of the molecule is COc1ccc(OC(=O)C2CC(=O)N(c3ccc4c(c3)OCCO4)C2)cc1. The third-order valence-electron chi connectivity index (χ3n) is 4.57. The van der Waals surface area contributed by atoms with Gasteiger partial charge < -0.3 is 23.8 Å². The number of fused-ring (bicyclic) bond motifs is 1. The van der Waals surface area contributed by atoms with Crippen molar-refractivity contribution >= 4 is 17.6 Å². The first-order chi connectivity index (χ1) is 13.1. The van der Waals surface area contributed by atoms with Gasteiger partial charge in [-0.15, -0.1) is 0 Å². The summed E-state index contributed by atoms with van der Waals surface area (Å²) in [5.41, 5.74) is 0.684. The number of hydrogen-bond donors (Lipinski definition) is 0. The Morgan fingerprint density at radius 3 is 2.48 bits per heavy atom. The molecule has 0 spiro atoms. The van der Waals surface area contributed by atoms with E-state index < -0.39 is 11.9 Å². The molecule has 140 valence electrons. The van der Waals surface area contributed by atoms with Crippen LogP contribution in [0.25, 0.3) is 0 Å². The Kier molecular flexibility index (Phi) is 4.58. The van der Waals surface area contributed by atoms with Gasteiger partial charge in [-0.25, -0.2) is 0 Å². The second kappa shape index (κ2) is 7.19. The van der Waals surface area contributed by atoms with Crippen LogP contribution in [0.15, 0.2) is 42.5 Å². The quantitative estimate of drug-likeness (QED) is 0.609. The monoisotopic (exact) mass is 369 g/mol. The van der Waals surface area contributed by atoms with E-state index in [1.54, 1.807) is 54.5 Å². The Balaban J connectivity index is 1.44. The van der Waals surface area contributed by atoms with Gasteiger partial charge in [-0.1, -0.05) is 0 Å². The zero-order chi connectivity index (χ0) is 18.8. The molecule has 0 aromatic heterocycles. The molecule has 0 bridgehead atoms. The molecule has 1 unspecified atom stereocenters. The number of carbonyl (C=O) groups is 2. The number of anilines is 1. The number of hydrogen-bond acceptors (Lipinski definition) is 6. The Bertz CT molecular complexity index is 863. The van der Waals surface area contributed by atoms with Crippen LogP contribution in [0.5, 0.6) is 23.0 Å². The van der Waals surface area contributed by atoms with Crippen LogP contribution in [-0.4, -0.2) is 38.7 Å². The van der Waals surface area contributed by atoms with Crippen molar-refractivity contribution in [3.63, 3.8) is 0 Å². The van der Waals surface area contributed by atoms with E-state index in [4.69, 9.17) is 18.9 Å². The minimum Gasteiger partial charge on any atom is -0.497 e. The molecular formula is C20H19NO6. The predicted octanol–water partition coefficient (Wildman–Crippen LogP) is 2.42. The molecule has 0 radical (unpaired) electrons.